The lowest BCUT2D eigenvalue weighted by Crippen LogP contribution is -2.40. The van der Waals surface area contributed by atoms with E-state index in [2.05, 4.69) is 27.3 Å². The molecule has 0 saturated carbocycles. The molecule has 0 aliphatic carbocycles. The summed E-state index contributed by atoms with van der Waals surface area (Å²) in [6.07, 6.45) is 2.24. The molecule has 142 valence electrons. The van der Waals surface area contributed by atoms with Gasteiger partial charge in [-0.1, -0.05) is 46.3 Å². The van der Waals surface area contributed by atoms with E-state index in [9.17, 15) is 9.59 Å². The number of halogens is 1. The van der Waals surface area contributed by atoms with E-state index in [1.165, 1.54) is 5.56 Å². The number of nitrogens with one attached hydrogen (secondary N) is 1. The molecule has 1 aliphatic rings. The fraction of sp³-hybridized carbons (Fsp3) is 0.333. The maximum atomic E-state index is 12.6. The van der Waals surface area contributed by atoms with E-state index in [-0.39, 0.29) is 11.9 Å². The summed E-state index contributed by atoms with van der Waals surface area (Å²) in [5.74, 6) is 0.0456. The number of carbonyl (C=O) groups is 2. The van der Waals surface area contributed by atoms with Crippen LogP contribution in [-0.4, -0.2) is 37.0 Å². The van der Waals surface area contributed by atoms with Crippen molar-refractivity contribution < 1.29 is 9.59 Å². The molecule has 0 fully saturated rings. The molecule has 27 heavy (non-hydrogen) atoms. The monoisotopic (exact) mass is 429 g/mol. The predicted octanol–water partition coefficient (Wildman–Crippen LogP) is 3.96. The molecule has 1 heterocycles. The molecule has 0 unspecified atom stereocenters. The summed E-state index contributed by atoms with van der Waals surface area (Å²) < 4.78 is 1.03. The largest absolute Gasteiger partial charge is 0.337 e. The number of amides is 3. The minimum Gasteiger partial charge on any atom is -0.337 e. The summed E-state index contributed by atoms with van der Waals surface area (Å²) in [6, 6.07) is 15.7. The van der Waals surface area contributed by atoms with Gasteiger partial charge >= 0.3 is 6.03 Å². The van der Waals surface area contributed by atoms with E-state index >= 15 is 0 Å². The van der Waals surface area contributed by atoms with Crippen LogP contribution in [0.3, 0.4) is 0 Å². The van der Waals surface area contributed by atoms with Gasteiger partial charge in [-0.05, 0) is 42.2 Å². The van der Waals surface area contributed by atoms with Crippen LogP contribution in [-0.2, 0) is 17.8 Å². The van der Waals surface area contributed by atoms with Crippen LogP contribution < -0.4 is 10.2 Å². The molecule has 0 bridgehead atoms. The topological polar surface area (TPSA) is 52.7 Å². The molecular formula is C21H24BrN3O2. The van der Waals surface area contributed by atoms with Gasteiger partial charge in [0.25, 0.3) is 0 Å². The van der Waals surface area contributed by atoms with Gasteiger partial charge < -0.3 is 15.1 Å². The van der Waals surface area contributed by atoms with Gasteiger partial charge in [0.15, 0.2) is 0 Å². The van der Waals surface area contributed by atoms with E-state index in [1.54, 1.807) is 11.9 Å². The molecule has 2 aromatic carbocycles. The Morgan fingerprint density at radius 2 is 1.96 bits per heavy atom. The van der Waals surface area contributed by atoms with E-state index in [1.807, 2.05) is 47.4 Å². The number of carbonyl (C=O) groups excluding carboxylic acids is 2. The Balaban J connectivity index is 1.49. The van der Waals surface area contributed by atoms with Gasteiger partial charge in [0.1, 0.15) is 0 Å². The van der Waals surface area contributed by atoms with Crippen molar-refractivity contribution in [3.05, 3.63) is 64.1 Å². The lowest BCUT2D eigenvalue weighted by molar-refractivity contribution is -0.118. The van der Waals surface area contributed by atoms with Crippen molar-refractivity contribution in [2.45, 2.75) is 25.8 Å². The number of nitrogens with zero attached hydrogens (tertiary/aromatic N) is 2. The quantitative estimate of drug-likeness (QED) is 0.781. The zero-order chi connectivity index (χ0) is 19.2. The Kier molecular flexibility index (Phi) is 6.50. The first-order valence-electron chi connectivity index (χ1n) is 9.16. The third-order valence-corrected chi connectivity index (χ3v) is 5.18. The smallest absolute Gasteiger partial charge is 0.317 e. The Morgan fingerprint density at radius 3 is 2.74 bits per heavy atom. The second kappa shape index (κ2) is 9.04. The molecule has 0 radical (unpaired) electrons. The van der Waals surface area contributed by atoms with Gasteiger partial charge in [0.2, 0.25) is 5.91 Å². The van der Waals surface area contributed by atoms with Crippen LogP contribution in [0.25, 0.3) is 0 Å². The molecule has 0 aromatic heterocycles. The molecule has 3 rings (SSSR count). The predicted molar refractivity (Wildman–Crippen MR) is 111 cm³/mol. The number of hydrogen-bond acceptors (Lipinski definition) is 2. The van der Waals surface area contributed by atoms with Crippen LogP contribution in [0.1, 0.15) is 24.0 Å². The number of anilines is 1. The third-order valence-electron chi connectivity index (χ3n) is 4.69. The van der Waals surface area contributed by atoms with Crippen molar-refractivity contribution in [2.24, 2.45) is 0 Å². The molecule has 1 aliphatic heterocycles. The van der Waals surface area contributed by atoms with Gasteiger partial charge in [0, 0.05) is 43.3 Å². The zero-order valence-corrected chi connectivity index (χ0v) is 17.0. The van der Waals surface area contributed by atoms with Crippen molar-refractivity contribution in [1.29, 1.82) is 0 Å². The van der Waals surface area contributed by atoms with Gasteiger partial charge in [-0.3, -0.25) is 4.79 Å². The molecule has 2 aromatic rings. The summed E-state index contributed by atoms with van der Waals surface area (Å²) >= 11 is 3.49. The molecule has 5 nitrogen and oxygen atoms in total. The first kappa shape index (κ1) is 19.4. The minimum absolute atomic E-state index is 0.0456. The fourth-order valence-corrected chi connectivity index (χ4v) is 3.71. The Labute approximate surface area is 168 Å². The molecule has 0 atom stereocenters. The van der Waals surface area contributed by atoms with Crippen molar-refractivity contribution in [3.63, 3.8) is 0 Å². The van der Waals surface area contributed by atoms with Gasteiger partial charge in [-0.25, -0.2) is 4.79 Å². The number of hydrogen-bond donors (Lipinski definition) is 1. The second-order valence-corrected chi connectivity index (χ2v) is 7.66. The highest BCUT2D eigenvalue weighted by Gasteiger charge is 2.22. The lowest BCUT2D eigenvalue weighted by atomic mass is 10.0. The Hall–Kier alpha value is -2.34. The van der Waals surface area contributed by atoms with Gasteiger partial charge in [-0.2, -0.15) is 0 Å². The maximum Gasteiger partial charge on any atom is 0.317 e. The highest BCUT2D eigenvalue weighted by Crippen LogP contribution is 2.30. The van der Waals surface area contributed by atoms with E-state index in [0.29, 0.717) is 19.5 Å². The minimum atomic E-state index is -0.172. The number of benzene rings is 2. The maximum absolute atomic E-state index is 12.6. The van der Waals surface area contributed by atoms with Crippen LogP contribution >= 0.6 is 15.9 Å². The molecule has 0 spiro atoms. The number of fused-ring (bicyclic) bond motifs is 1. The first-order chi connectivity index (χ1) is 13.0. The van der Waals surface area contributed by atoms with Crippen LogP contribution in [0.2, 0.25) is 0 Å². The van der Waals surface area contributed by atoms with E-state index in [4.69, 9.17) is 0 Å². The first-order valence-corrected chi connectivity index (χ1v) is 9.95. The zero-order valence-electron chi connectivity index (χ0n) is 15.5. The molecule has 6 heteroatoms. The number of rotatable bonds is 5. The Bertz CT molecular complexity index is 810. The summed E-state index contributed by atoms with van der Waals surface area (Å²) in [4.78, 5) is 28.3. The number of urea groups is 1. The summed E-state index contributed by atoms with van der Waals surface area (Å²) in [5.41, 5.74) is 3.25. The fourth-order valence-electron chi connectivity index (χ4n) is 3.30. The van der Waals surface area contributed by atoms with Crippen molar-refractivity contribution >= 4 is 33.6 Å². The van der Waals surface area contributed by atoms with Crippen LogP contribution in [0, 0.1) is 0 Å². The summed E-state index contributed by atoms with van der Waals surface area (Å²) in [7, 11) is 1.75. The highest BCUT2D eigenvalue weighted by molar-refractivity contribution is 9.10. The van der Waals surface area contributed by atoms with E-state index < -0.39 is 0 Å². The van der Waals surface area contributed by atoms with Crippen LogP contribution in [0.15, 0.2) is 53.0 Å². The average molecular weight is 430 g/mol. The van der Waals surface area contributed by atoms with Crippen LogP contribution in [0.5, 0.6) is 0 Å². The second-order valence-electron chi connectivity index (χ2n) is 6.75. The normalized spacial score (nSPS) is 13.0. The average Bonchev–Trinajstić information content (AvgIpc) is 2.67. The van der Waals surface area contributed by atoms with E-state index in [0.717, 1.165) is 35.1 Å². The number of aryl methyl sites for hydroxylation is 1. The van der Waals surface area contributed by atoms with Crippen molar-refractivity contribution in [1.82, 2.24) is 10.2 Å². The third kappa shape index (κ3) is 5.10. The lowest BCUT2D eigenvalue weighted by Gasteiger charge is -2.30. The van der Waals surface area contributed by atoms with Crippen molar-refractivity contribution in [3.8, 4) is 0 Å². The summed E-state index contributed by atoms with van der Waals surface area (Å²) in [5, 5.41) is 2.84. The van der Waals surface area contributed by atoms with Crippen LogP contribution in [0.4, 0.5) is 10.5 Å². The SMILES string of the molecule is CN(Cc1ccccc1)C(=O)NCCC(=O)N1CCCc2cc(Br)ccc21. The molecule has 1 N–H and O–H groups in total. The standard InChI is InChI=1S/C21H24BrN3O2/c1-24(15-16-6-3-2-4-7-16)21(27)23-12-11-20(26)25-13-5-8-17-14-18(22)9-10-19(17)25/h2-4,6-7,9-10,14H,5,8,11-13,15H2,1H3,(H,23,27). The highest BCUT2D eigenvalue weighted by atomic mass is 79.9. The van der Waals surface area contributed by atoms with Gasteiger partial charge in [0.05, 0.1) is 0 Å². The van der Waals surface area contributed by atoms with Crippen molar-refractivity contribution in [2.75, 3.05) is 25.0 Å². The molecular weight excluding hydrogens is 406 g/mol. The Morgan fingerprint density at radius 1 is 1.19 bits per heavy atom. The van der Waals surface area contributed by atoms with Gasteiger partial charge in [-0.15, -0.1) is 0 Å². The summed E-state index contributed by atoms with van der Waals surface area (Å²) in [6.45, 7) is 1.60. The molecule has 0 saturated heterocycles. The molecule has 3 amide bonds.